The number of furan rings is 1. The van der Waals surface area contributed by atoms with Crippen molar-refractivity contribution in [1.29, 1.82) is 0 Å². The van der Waals surface area contributed by atoms with E-state index in [0.717, 1.165) is 23.1 Å². The summed E-state index contributed by atoms with van der Waals surface area (Å²) in [7, 11) is 0. The van der Waals surface area contributed by atoms with Gasteiger partial charge in [-0.15, -0.1) is 0 Å². The number of anilines is 1. The highest BCUT2D eigenvalue weighted by molar-refractivity contribution is 9.10. The number of rotatable bonds is 4. The Morgan fingerprint density at radius 2 is 2.20 bits per heavy atom. The highest BCUT2D eigenvalue weighted by atomic mass is 79.9. The van der Waals surface area contributed by atoms with Crippen LogP contribution in [0.15, 0.2) is 45.5 Å². The molecule has 20 heavy (non-hydrogen) atoms. The Morgan fingerprint density at radius 3 is 2.80 bits per heavy atom. The number of nitrogen functional groups attached to an aromatic ring is 1. The predicted molar refractivity (Wildman–Crippen MR) is 80.2 cm³/mol. The third-order valence-corrected chi connectivity index (χ3v) is 3.89. The molecule has 1 aromatic carbocycles. The van der Waals surface area contributed by atoms with E-state index in [1.165, 1.54) is 0 Å². The summed E-state index contributed by atoms with van der Waals surface area (Å²) < 4.78 is 6.22. The van der Waals surface area contributed by atoms with Gasteiger partial charge in [0.25, 0.3) is 5.91 Å². The van der Waals surface area contributed by atoms with Gasteiger partial charge in [0.2, 0.25) is 0 Å². The quantitative estimate of drug-likeness (QED) is 0.871. The van der Waals surface area contributed by atoms with Crippen LogP contribution in [0.25, 0.3) is 0 Å². The van der Waals surface area contributed by atoms with Crippen LogP contribution in [-0.4, -0.2) is 16.8 Å². The van der Waals surface area contributed by atoms with Gasteiger partial charge >= 0.3 is 0 Å². The van der Waals surface area contributed by atoms with E-state index >= 15 is 0 Å². The van der Waals surface area contributed by atoms with Crippen LogP contribution in [0.5, 0.6) is 0 Å². The van der Waals surface area contributed by atoms with Crippen molar-refractivity contribution in [2.24, 2.45) is 0 Å². The number of carbonyl (C=O) groups is 1. The number of nitrogens with zero attached hydrogens (tertiary/aromatic N) is 1. The lowest BCUT2D eigenvalue weighted by Crippen LogP contribution is -2.33. The van der Waals surface area contributed by atoms with Crippen molar-refractivity contribution < 1.29 is 9.21 Å². The standard InChI is InChI=1S/C15H15BrN2O2/c16-10-3-6-13(14(17)8-10)15(19)18(11-4-5-11)9-12-2-1-7-20-12/h1-3,6-8,11H,4-5,9,17H2. The van der Waals surface area contributed by atoms with Crippen LogP contribution in [0.2, 0.25) is 0 Å². The van der Waals surface area contributed by atoms with Crippen LogP contribution >= 0.6 is 15.9 Å². The molecular formula is C15H15BrN2O2. The van der Waals surface area contributed by atoms with Crippen LogP contribution in [0.4, 0.5) is 5.69 Å². The number of carbonyl (C=O) groups excluding carboxylic acids is 1. The van der Waals surface area contributed by atoms with Gasteiger partial charge in [-0.2, -0.15) is 0 Å². The van der Waals surface area contributed by atoms with Gasteiger partial charge in [0, 0.05) is 16.2 Å². The first-order chi connectivity index (χ1) is 9.65. The summed E-state index contributed by atoms with van der Waals surface area (Å²) in [5.74, 6) is 0.759. The molecule has 1 aliphatic carbocycles. The van der Waals surface area contributed by atoms with Crippen molar-refractivity contribution in [2.75, 3.05) is 5.73 Å². The molecular weight excluding hydrogens is 320 g/mol. The zero-order valence-electron chi connectivity index (χ0n) is 10.9. The molecule has 2 N–H and O–H groups in total. The monoisotopic (exact) mass is 334 g/mol. The average Bonchev–Trinajstić information content (AvgIpc) is 3.12. The van der Waals surface area contributed by atoms with Gasteiger partial charge in [-0.25, -0.2) is 0 Å². The maximum atomic E-state index is 12.7. The van der Waals surface area contributed by atoms with Crippen molar-refractivity contribution in [3.63, 3.8) is 0 Å². The third kappa shape index (κ3) is 2.72. The molecule has 104 valence electrons. The van der Waals surface area contributed by atoms with E-state index in [1.807, 2.05) is 23.1 Å². The van der Waals surface area contributed by atoms with Crippen LogP contribution in [-0.2, 0) is 6.54 Å². The first kappa shape index (κ1) is 13.2. The van der Waals surface area contributed by atoms with E-state index in [0.29, 0.717) is 23.8 Å². The van der Waals surface area contributed by atoms with Gasteiger partial charge in [0.15, 0.2) is 0 Å². The summed E-state index contributed by atoms with van der Waals surface area (Å²) in [5.41, 5.74) is 7.00. The summed E-state index contributed by atoms with van der Waals surface area (Å²) in [6.07, 6.45) is 3.71. The Bertz CT molecular complexity index is 621. The Hall–Kier alpha value is -1.75. The van der Waals surface area contributed by atoms with Gasteiger partial charge in [0.05, 0.1) is 18.4 Å². The Balaban J connectivity index is 1.85. The smallest absolute Gasteiger partial charge is 0.256 e. The summed E-state index contributed by atoms with van der Waals surface area (Å²) >= 11 is 3.35. The van der Waals surface area contributed by atoms with E-state index in [1.54, 1.807) is 18.4 Å². The van der Waals surface area contributed by atoms with Gasteiger partial charge in [-0.05, 0) is 43.2 Å². The van der Waals surface area contributed by atoms with E-state index in [2.05, 4.69) is 15.9 Å². The van der Waals surface area contributed by atoms with Crippen LogP contribution in [0, 0.1) is 0 Å². The van der Waals surface area contributed by atoms with Crippen molar-refractivity contribution in [3.05, 3.63) is 52.4 Å². The van der Waals surface area contributed by atoms with E-state index < -0.39 is 0 Å². The molecule has 4 nitrogen and oxygen atoms in total. The highest BCUT2D eigenvalue weighted by Crippen LogP contribution is 2.31. The summed E-state index contributed by atoms with van der Waals surface area (Å²) in [5, 5.41) is 0. The Morgan fingerprint density at radius 1 is 1.40 bits per heavy atom. The minimum absolute atomic E-state index is 0.0334. The fourth-order valence-electron chi connectivity index (χ4n) is 2.21. The summed E-state index contributed by atoms with van der Waals surface area (Å²) in [6, 6.07) is 9.37. The molecule has 1 aromatic heterocycles. The molecule has 1 heterocycles. The maximum absolute atomic E-state index is 12.7. The molecule has 3 rings (SSSR count). The normalized spacial score (nSPS) is 14.2. The summed E-state index contributed by atoms with van der Waals surface area (Å²) in [4.78, 5) is 14.5. The molecule has 0 bridgehead atoms. The van der Waals surface area contributed by atoms with Gasteiger partial charge in [-0.1, -0.05) is 15.9 Å². The topological polar surface area (TPSA) is 59.5 Å². The maximum Gasteiger partial charge on any atom is 0.256 e. The second kappa shape index (κ2) is 5.32. The molecule has 2 aromatic rings. The summed E-state index contributed by atoms with van der Waals surface area (Å²) in [6.45, 7) is 0.492. The van der Waals surface area contributed by atoms with Crippen LogP contribution < -0.4 is 5.73 Å². The first-order valence-electron chi connectivity index (χ1n) is 6.53. The lowest BCUT2D eigenvalue weighted by molar-refractivity contribution is 0.0718. The van der Waals surface area contributed by atoms with Crippen LogP contribution in [0.1, 0.15) is 29.0 Å². The third-order valence-electron chi connectivity index (χ3n) is 3.40. The van der Waals surface area contributed by atoms with Gasteiger partial charge in [0.1, 0.15) is 5.76 Å². The molecule has 1 aliphatic rings. The molecule has 0 spiro atoms. The van der Waals surface area contributed by atoms with E-state index in [-0.39, 0.29) is 5.91 Å². The second-order valence-corrected chi connectivity index (χ2v) is 5.89. The molecule has 0 radical (unpaired) electrons. The first-order valence-corrected chi connectivity index (χ1v) is 7.33. The van der Waals surface area contributed by atoms with Crippen molar-refractivity contribution >= 4 is 27.5 Å². The fourth-order valence-corrected chi connectivity index (χ4v) is 2.59. The average molecular weight is 335 g/mol. The van der Waals surface area contributed by atoms with Crippen LogP contribution in [0.3, 0.4) is 0 Å². The Kier molecular flexibility index (Phi) is 3.53. The number of nitrogens with two attached hydrogens (primary N) is 1. The largest absolute Gasteiger partial charge is 0.467 e. The SMILES string of the molecule is Nc1cc(Br)ccc1C(=O)N(Cc1ccco1)C1CC1. The molecule has 1 fully saturated rings. The van der Waals surface area contributed by atoms with Crippen molar-refractivity contribution in [2.45, 2.75) is 25.4 Å². The zero-order valence-corrected chi connectivity index (χ0v) is 12.5. The van der Waals surface area contributed by atoms with Gasteiger partial charge in [-0.3, -0.25) is 4.79 Å². The highest BCUT2D eigenvalue weighted by Gasteiger charge is 2.34. The minimum Gasteiger partial charge on any atom is -0.467 e. The van der Waals surface area contributed by atoms with Crippen molar-refractivity contribution in [1.82, 2.24) is 4.90 Å². The molecule has 1 amide bonds. The van der Waals surface area contributed by atoms with E-state index in [4.69, 9.17) is 10.2 Å². The molecule has 0 aliphatic heterocycles. The molecule has 5 heteroatoms. The number of halogens is 1. The molecule has 0 saturated heterocycles. The number of benzene rings is 1. The van der Waals surface area contributed by atoms with Gasteiger partial charge < -0.3 is 15.1 Å². The molecule has 0 atom stereocenters. The fraction of sp³-hybridized carbons (Fsp3) is 0.267. The Labute approximate surface area is 125 Å². The lowest BCUT2D eigenvalue weighted by atomic mass is 10.1. The number of hydrogen-bond donors (Lipinski definition) is 1. The number of amides is 1. The number of hydrogen-bond acceptors (Lipinski definition) is 3. The zero-order chi connectivity index (χ0) is 14.1. The lowest BCUT2D eigenvalue weighted by Gasteiger charge is -2.22. The molecule has 1 saturated carbocycles. The van der Waals surface area contributed by atoms with Crippen molar-refractivity contribution in [3.8, 4) is 0 Å². The van der Waals surface area contributed by atoms with E-state index in [9.17, 15) is 4.79 Å². The second-order valence-electron chi connectivity index (χ2n) is 4.98. The minimum atomic E-state index is -0.0334. The molecule has 0 unspecified atom stereocenters. The predicted octanol–water partition coefficient (Wildman–Crippen LogP) is 3.43.